The third kappa shape index (κ3) is 6.54. The van der Waals surface area contributed by atoms with Crippen molar-refractivity contribution in [2.45, 2.75) is 65.2 Å². The van der Waals surface area contributed by atoms with Crippen LogP contribution in [0.15, 0.2) is 17.0 Å². The number of methoxy groups -OCH3 is 1. The average Bonchev–Trinajstić information content (AvgIpc) is 3.43. The minimum Gasteiger partial charge on any atom is -0.497 e. The van der Waals surface area contributed by atoms with Crippen LogP contribution in [0.1, 0.15) is 57.6 Å². The van der Waals surface area contributed by atoms with Gasteiger partial charge in [0.25, 0.3) is 0 Å². The van der Waals surface area contributed by atoms with Gasteiger partial charge < -0.3 is 19.3 Å². The fourth-order valence-corrected chi connectivity index (χ4v) is 7.89. The normalized spacial score (nSPS) is 23.8. The first-order valence-corrected chi connectivity index (χ1v) is 15.3. The molecule has 38 heavy (non-hydrogen) atoms. The van der Waals surface area contributed by atoms with Crippen molar-refractivity contribution in [3.63, 3.8) is 0 Å². The number of aryl methyl sites for hydroxylation is 2. The van der Waals surface area contributed by atoms with Crippen molar-refractivity contribution >= 4 is 15.9 Å². The zero-order valence-corrected chi connectivity index (χ0v) is 25.6. The van der Waals surface area contributed by atoms with Crippen molar-refractivity contribution in [3.05, 3.63) is 23.3 Å². The van der Waals surface area contributed by atoms with Gasteiger partial charge in [-0.2, -0.15) is 4.31 Å². The fourth-order valence-electron chi connectivity index (χ4n) is 6.33. The van der Waals surface area contributed by atoms with Gasteiger partial charge in [-0.05, 0) is 92.6 Å². The Bertz CT molecular complexity index is 1060. The van der Waals surface area contributed by atoms with E-state index < -0.39 is 10.0 Å². The van der Waals surface area contributed by atoms with Gasteiger partial charge in [0.1, 0.15) is 12.4 Å². The lowest BCUT2D eigenvalue weighted by atomic mass is 9.65. The number of hydrogen-bond donors (Lipinski definition) is 0. The zero-order chi connectivity index (χ0) is 28.3. The molecule has 2 fully saturated rings. The second-order valence-corrected chi connectivity index (χ2v) is 14.2. The summed E-state index contributed by atoms with van der Waals surface area (Å²) in [4.78, 5) is 17.6. The van der Waals surface area contributed by atoms with E-state index in [0.717, 1.165) is 13.0 Å². The Morgan fingerprint density at radius 1 is 1.11 bits per heavy atom. The van der Waals surface area contributed by atoms with Crippen LogP contribution in [-0.2, 0) is 19.6 Å². The molecule has 2 atom stereocenters. The van der Waals surface area contributed by atoms with Crippen LogP contribution in [0.5, 0.6) is 5.75 Å². The van der Waals surface area contributed by atoms with E-state index in [1.54, 1.807) is 38.0 Å². The van der Waals surface area contributed by atoms with Gasteiger partial charge >= 0.3 is 0 Å². The molecule has 1 aliphatic heterocycles. The Morgan fingerprint density at radius 3 is 2.29 bits per heavy atom. The molecule has 1 aromatic rings. The molecule has 1 aromatic carbocycles. The molecule has 1 amide bonds. The molecule has 0 spiro atoms. The maximum absolute atomic E-state index is 13.2. The lowest BCUT2D eigenvalue weighted by Crippen LogP contribution is -2.47. The van der Waals surface area contributed by atoms with Gasteiger partial charge in [0.2, 0.25) is 15.9 Å². The molecular formula is C29H49N3O5S. The highest BCUT2D eigenvalue weighted by Crippen LogP contribution is 2.56. The van der Waals surface area contributed by atoms with Crippen molar-refractivity contribution in [2.24, 2.45) is 16.7 Å². The average molecular weight is 552 g/mol. The van der Waals surface area contributed by atoms with Crippen LogP contribution >= 0.6 is 0 Å². The summed E-state index contributed by atoms with van der Waals surface area (Å²) in [7, 11) is 1.26. The van der Waals surface area contributed by atoms with E-state index in [2.05, 4.69) is 25.7 Å². The molecule has 2 aliphatic rings. The summed E-state index contributed by atoms with van der Waals surface area (Å²) in [5, 5.41) is 0. The number of ether oxygens (including phenoxy) is 2. The van der Waals surface area contributed by atoms with Gasteiger partial charge in [0.05, 0.1) is 18.6 Å². The zero-order valence-electron chi connectivity index (χ0n) is 24.8. The van der Waals surface area contributed by atoms with E-state index in [-0.39, 0.29) is 41.4 Å². The molecule has 216 valence electrons. The molecule has 1 saturated heterocycles. The standard InChI is InChI=1S/C29H49N3O5S/c1-22-17-25(36-8)18-23(2)27(22)38(34,35)31(7)15-16-37-20-26(33)30(6)21-29(5)12-11-24(28(29,3)4)19-32-13-9-10-14-32/h17-18,24H,9-16,19-21H2,1-8H3/t24-,29-/m1/s1. The predicted octanol–water partition coefficient (Wildman–Crippen LogP) is 3.95. The third-order valence-corrected chi connectivity index (χ3v) is 11.6. The molecule has 1 saturated carbocycles. The van der Waals surface area contributed by atoms with Crippen molar-refractivity contribution in [3.8, 4) is 5.75 Å². The number of carbonyl (C=O) groups excluding carboxylic acids is 1. The van der Waals surface area contributed by atoms with Gasteiger partial charge in [-0.25, -0.2) is 8.42 Å². The van der Waals surface area contributed by atoms with E-state index in [1.807, 2.05) is 7.05 Å². The second-order valence-electron chi connectivity index (χ2n) is 12.2. The second kappa shape index (κ2) is 12.2. The van der Waals surface area contributed by atoms with E-state index in [1.165, 1.54) is 43.7 Å². The molecule has 9 heteroatoms. The number of benzene rings is 1. The Kier molecular flexibility index (Phi) is 9.93. The van der Waals surface area contributed by atoms with Gasteiger partial charge in [-0.1, -0.05) is 20.8 Å². The first-order chi connectivity index (χ1) is 17.7. The Hall–Kier alpha value is -1.68. The smallest absolute Gasteiger partial charge is 0.248 e. The number of amides is 1. The molecule has 0 unspecified atom stereocenters. The maximum Gasteiger partial charge on any atom is 0.248 e. The Labute approximate surface area is 230 Å². The Balaban J connectivity index is 1.49. The molecule has 0 radical (unpaired) electrons. The number of likely N-dealkylation sites (N-methyl/N-ethyl adjacent to an activating group) is 2. The quantitative estimate of drug-likeness (QED) is 0.366. The van der Waals surface area contributed by atoms with Crippen LogP contribution in [0.4, 0.5) is 0 Å². The van der Waals surface area contributed by atoms with E-state index in [0.29, 0.717) is 29.3 Å². The molecule has 3 rings (SSSR count). The third-order valence-electron chi connectivity index (χ3n) is 9.42. The number of rotatable bonds is 12. The number of nitrogens with zero attached hydrogens (tertiary/aromatic N) is 3. The van der Waals surface area contributed by atoms with Crippen molar-refractivity contribution < 1.29 is 22.7 Å². The highest BCUT2D eigenvalue weighted by atomic mass is 32.2. The summed E-state index contributed by atoms with van der Waals surface area (Å²) < 4.78 is 38.6. The lowest BCUT2D eigenvalue weighted by Gasteiger charge is -2.44. The number of hydrogen-bond acceptors (Lipinski definition) is 6. The van der Waals surface area contributed by atoms with E-state index >= 15 is 0 Å². The summed E-state index contributed by atoms with van der Waals surface area (Å²) in [5.74, 6) is 1.20. The molecule has 8 nitrogen and oxygen atoms in total. The first-order valence-electron chi connectivity index (χ1n) is 13.9. The van der Waals surface area contributed by atoms with Crippen molar-refractivity contribution in [1.82, 2.24) is 14.1 Å². The van der Waals surface area contributed by atoms with E-state index in [4.69, 9.17) is 9.47 Å². The van der Waals surface area contributed by atoms with Crippen LogP contribution in [0, 0.1) is 30.6 Å². The topological polar surface area (TPSA) is 79.4 Å². The minimum absolute atomic E-state index is 0.0458. The highest BCUT2D eigenvalue weighted by molar-refractivity contribution is 7.89. The maximum atomic E-state index is 13.2. The number of likely N-dealkylation sites (tertiary alicyclic amines) is 1. The van der Waals surface area contributed by atoms with E-state index in [9.17, 15) is 13.2 Å². The molecule has 0 N–H and O–H groups in total. The van der Waals surface area contributed by atoms with Gasteiger partial charge in [0.15, 0.2) is 0 Å². The largest absolute Gasteiger partial charge is 0.497 e. The van der Waals surface area contributed by atoms with Crippen molar-refractivity contribution in [1.29, 1.82) is 0 Å². The monoisotopic (exact) mass is 551 g/mol. The predicted molar refractivity (Wildman–Crippen MR) is 151 cm³/mol. The van der Waals surface area contributed by atoms with Crippen molar-refractivity contribution in [2.75, 3.05) is 67.1 Å². The SMILES string of the molecule is COc1cc(C)c(S(=O)(=O)N(C)CCOCC(=O)N(C)C[C@@]2(C)CC[C@H](CN3CCCC3)C2(C)C)c(C)c1. The minimum atomic E-state index is -3.69. The van der Waals surface area contributed by atoms with Crippen LogP contribution < -0.4 is 4.74 Å². The fraction of sp³-hybridized carbons (Fsp3) is 0.759. The number of carbonyl (C=O) groups is 1. The lowest BCUT2D eigenvalue weighted by molar-refractivity contribution is -0.137. The molecule has 1 heterocycles. The van der Waals surface area contributed by atoms with Gasteiger partial charge in [0, 0.05) is 33.7 Å². The van der Waals surface area contributed by atoms with Crippen LogP contribution in [-0.4, -0.2) is 95.6 Å². The summed E-state index contributed by atoms with van der Waals surface area (Å²) in [6.45, 7) is 15.1. The number of sulfonamides is 1. The van der Waals surface area contributed by atoms with Crippen LogP contribution in [0.2, 0.25) is 0 Å². The van der Waals surface area contributed by atoms with Crippen LogP contribution in [0.25, 0.3) is 0 Å². The Morgan fingerprint density at radius 2 is 1.71 bits per heavy atom. The first kappa shape index (κ1) is 30.9. The molecular weight excluding hydrogens is 502 g/mol. The molecule has 0 bridgehead atoms. The summed E-state index contributed by atoms with van der Waals surface area (Å²) >= 11 is 0. The summed E-state index contributed by atoms with van der Waals surface area (Å²) in [5.41, 5.74) is 1.46. The summed E-state index contributed by atoms with van der Waals surface area (Å²) in [6.07, 6.45) is 4.94. The molecule has 0 aromatic heterocycles. The highest BCUT2D eigenvalue weighted by Gasteiger charge is 2.52. The van der Waals surface area contributed by atoms with Gasteiger partial charge in [-0.15, -0.1) is 0 Å². The summed E-state index contributed by atoms with van der Waals surface area (Å²) in [6, 6.07) is 3.44. The van der Waals surface area contributed by atoms with Gasteiger partial charge in [-0.3, -0.25) is 4.79 Å². The van der Waals surface area contributed by atoms with Crippen LogP contribution in [0.3, 0.4) is 0 Å². The molecule has 1 aliphatic carbocycles.